The van der Waals surface area contributed by atoms with Crippen LogP contribution in [0.4, 0.5) is 0 Å². The zero-order chi connectivity index (χ0) is 22.1. The molecule has 1 aromatic carbocycles. The summed E-state index contributed by atoms with van der Waals surface area (Å²) in [4.78, 5) is 28.9. The third kappa shape index (κ3) is 7.67. The molecule has 0 bridgehead atoms. The molecule has 6 nitrogen and oxygen atoms in total. The number of nitrogens with zero attached hydrogens (tertiary/aromatic N) is 1. The van der Waals surface area contributed by atoms with Gasteiger partial charge in [-0.1, -0.05) is 38.1 Å². The number of hydrogen-bond acceptors (Lipinski definition) is 5. The summed E-state index contributed by atoms with van der Waals surface area (Å²) < 4.78 is 5.48. The Balaban J connectivity index is 1.38. The highest BCUT2D eigenvalue weighted by Gasteiger charge is 2.26. The number of ether oxygens (including phenoxy) is 1. The largest absolute Gasteiger partial charge is 0.484 e. The van der Waals surface area contributed by atoms with Gasteiger partial charge in [0.05, 0.1) is 0 Å². The summed E-state index contributed by atoms with van der Waals surface area (Å²) in [5.74, 6) is 0.694. The van der Waals surface area contributed by atoms with E-state index in [0.717, 1.165) is 32.5 Å². The van der Waals surface area contributed by atoms with Crippen LogP contribution < -0.4 is 15.4 Å². The van der Waals surface area contributed by atoms with E-state index in [4.69, 9.17) is 4.74 Å². The number of thiophene rings is 1. The molecule has 0 aliphatic carbocycles. The smallest absolute Gasteiger partial charge is 0.258 e. The molecule has 31 heavy (non-hydrogen) atoms. The van der Waals surface area contributed by atoms with E-state index >= 15 is 0 Å². The summed E-state index contributed by atoms with van der Waals surface area (Å²) >= 11 is 1.80. The number of benzene rings is 1. The number of para-hydroxylation sites is 1. The van der Waals surface area contributed by atoms with Crippen molar-refractivity contribution in [1.29, 1.82) is 0 Å². The summed E-state index contributed by atoms with van der Waals surface area (Å²) in [7, 11) is 0. The monoisotopic (exact) mass is 443 g/mol. The molecule has 1 aliphatic heterocycles. The van der Waals surface area contributed by atoms with Crippen molar-refractivity contribution < 1.29 is 14.3 Å². The number of amides is 2. The van der Waals surface area contributed by atoms with Crippen LogP contribution in [0.1, 0.15) is 31.6 Å². The maximum atomic E-state index is 12.7. The highest BCUT2D eigenvalue weighted by molar-refractivity contribution is 7.09. The average molecular weight is 444 g/mol. The Morgan fingerprint density at radius 3 is 2.52 bits per heavy atom. The highest BCUT2D eigenvalue weighted by atomic mass is 32.1. The van der Waals surface area contributed by atoms with Crippen molar-refractivity contribution in [3.63, 3.8) is 0 Å². The molecular weight excluding hydrogens is 410 g/mol. The van der Waals surface area contributed by atoms with E-state index in [-0.39, 0.29) is 24.3 Å². The molecule has 0 spiro atoms. The lowest BCUT2D eigenvalue weighted by Crippen LogP contribution is -2.52. The molecule has 1 saturated heterocycles. The second-order valence-electron chi connectivity index (χ2n) is 8.43. The highest BCUT2D eigenvalue weighted by Crippen LogP contribution is 2.20. The first-order chi connectivity index (χ1) is 15.0. The van der Waals surface area contributed by atoms with Gasteiger partial charge in [0.25, 0.3) is 5.91 Å². The maximum absolute atomic E-state index is 12.7. The number of hydrogen-bond donors (Lipinski definition) is 2. The number of carbonyl (C=O) groups is 2. The zero-order valence-electron chi connectivity index (χ0n) is 18.4. The third-order valence-electron chi connectivity index (χ3n) is 5.61. The van der Waals surface area contributed by atoms with E-state index in [1.807, 2.05) is 32.0 Å². The maximum Gasteiger partial charge on any atom is 0.258 e. The van der Waals surface area contributed by atoms with Crippen LogP contribution in [-0.4, -0.2) is 49.0 Å². The molecule has 2 N–H and O–H groups in total. The summed E-state index contributed by atoms with van der Waals surface area (Å²) in [6, 6.07) is 12.9. The van der Waals surface area contributed by atoms with Gasteiger partial charge in [-0.2, -0.15) is 0 Å². The molecule has 0 saturated carbocycles. The SMILES string of the molecule is CC(C)C(NC(=O)COc1ccccc1)C(=O)NCC1CCN(Cc2cccs2)CC1. The van der Waals surface area contributed by atoms with Crippen molar-refractivity contribution in [2.75, 3.05) is 26.2 Å². The lowest BCUT2D eigenvalue weighted by atomic mass is 9.96. The quantitative estimate of drug-likeness (QED) is 0.591. The first kappa shape index (κ1) is 23.3. The second-order valence-corrected chi connectivity index (χ2v) is 9.47. The predicted octanol–water partition coefficient (Wildman–Crippen LogP) is 3.30. The molecule has 168 valence electrons. The Hall–Kier alpha value is -2.38. The van der Waals surface area contributed by atoms with Crippen LogP contribution in [0.5, 0.6) is 5.75 Å². The van der Waals surface area contributed by atoms with Crippen LogP contribution in [0.15, 0.2) is 47.8 Å². The van der Waals surface area contributed by atoms with Crippen LogP contribution in [0.2, 0.25) is 0 Å². The van der Waals surface area contributed by atoms with Crippen molar-refractivity contribution in [2.45, 2.75) is 39.3 Å². The lowest BCUT2D eigenvalue weighted by Gasteiger charge is -2.32. The topological polar surface area (TPSA) is 70.7 Å². The fourth-order valence-electron chi connectivity index (χ4n) is 3.74. The molecular formula is C24H33N3O3S. The Morgan fingerprint density at radius 1 is 1.13 bits per heavy atom. The van der Waals surface area contributed by atoms with Crippen molar-refractivity contribution in [1.82, 2.24) is 15.5 Å². The summed E-state index contributed by atoms with van der Waals surface area (Å²) in [6.45, 7) is 7.55. The van der Waals surface area contributed by atoms with Gasteiger partial charge in [-0.25, -0.2) is 0 Å². The molecule has 2 heterocycles. The number of piperidine rings is 1. The number of rotatable bonds is 10. The molecule has 1 atom stereocenters. The van der Waals surface area contributed by atoms with Crippen molar-refractivity contribution in [3.8, 4) is 5.75 Å². The lowest BCUT2D eigenvalue weighted by molar-refractivity contribution is -0.131. The summed E-state index contributed by atoms with van der Waals surface area (Å²) in [5.41, 5.74) is 0. The summed E-state index contributed by atoms with van der Waals surface area (Å²) in [6.07, 6.45) is 2.16. The molecule has 1 fully saturated rings. The Bertz CT molecular complexity index is 803. The van der Waals surface area contributed by atoms with Crippen LogP contribution in [0.25, 0.3) is 0 Å². The van der Waals surface area contributed by atoms with Gasteiger partial charge in [0.2, 0.25) is 5.91 Å². The van der Waals surface area contributed by atoms with E-state index < -0.39 is 6.04 Å². The zero-order valence-corrected chi connectivity index (χ0v) is 19.2. The van der Waals surface area contributed by atoms with Gasteiger partial charge in [-0.15, -0.1) is 11.3 Å². The molecule has 1 aromatic heterocycles. The van der Waals surface area contributed by atoms with Gasteiger partial charge in [0.1, 0.15) is 11.8 Å². The second kappa shape index (κ2) is 11.9. The minimum absolute atomic E-state index is 0.00619. The molecule has 0 radical (unpaired) electrons. The fraction of sp³-hybridized carbons (Fsp3) is 0.500. The molecule has 2 aromatic rings. The van der Waals surface area contributed by atoms with Crippen LogP contribution in [0.3, 0.4) is 0 Å². The van der Waals surface area contributed by atoms with Gasteiger partial charge in [-0.05, 0) is 61.3 Å². The molecule has 7 heteroatoms. The number of carbonyl (C=O) groups excluding carboxylic acids is 2. The van der Waals surface area contributed by atoms with E-state index in [0.29, 0.717) is 18.2 Å². The molecule has 1 aliphatic rings. The van der Waals surface area contributed by atoms with Crippen molar-refractivity contribution in [2.24, 2.45) is 11.8 Å². The van der Waals surface area contributed by atoms with Crippen molar-refractivity contribution >= 4 is 23.2 Å². The number of likely N-dealkylation sites (tertiary alicyclic amines) is 1. The standard InChI is InChI=1S/C24H33N3O3S/c1-18(2)23(26-22(28)17-30-20-7-4-3-5-8-20)24(29)25-15-19-10-12-27(13-11-19)16-21-9-6-14-31-21/h3-9,14,18-19,23H,10-13,15-17H2,1-2H3,(H,25,29)(H,26,28). The van der Waals surface area contributed by atoms with Gasteiger partial charge in [0.15, 0.2) is 6.61 Å². The van der Waals surface area contributed by atoms with E-state index in [2.05, 4.69) is 33.0 Å². The Morgan fingerprint density at radius 2 is 1.87 bits per heavy atom. The van der Waals surface area contributed by atoms with E-state index in [1.165, 1.54) is 4.88 Å². The molecule has 3 rings (SSSR count). The molecule has 2 amide bonds. The minimum Gasteiger partial charge on any atom is -0.484 e. The Labute approximate surface area is 189 Å². The van der Waals surface area contributed by atoms with Gasteiger partial charge < -0.3 is 15.4 Å². The van der Waals surface area contributed by atoms with Gasteiger partial charge in [-0.3, -0.25) is 14.5 Å². The average Bonchev–Trinajstić information content (AvgIpc) is 3.29. The Kier molecular flexibility index (Phi) is 8.91. The van der Waals surface area contributed by atoms with Crippen molar-refractivity contribution in [3.05, 3.63) is 52.7 Å². The van der Waals surface area contributed by atoms with Crippen LogP contribution in [0, 0.1) is 11.8 Å². The molecule has 1 unspecified atom stereocenters. The van der Waals surface area contributed by atoms with E-state index in [1.54, 1.807) is 23.5 Å². The van der Waals surface area contributed by atoms with Crippen LogP contribution in [-0.2, 0) is 16.1 Å². The summed E-state index contributed by atoms with van der Waals surface area (Å²) in [5, 5.41) is 8.01. The van der Waals surface area contributed by atoms with Gasteiger partial charge in [0, 0.05) is 18.0 Å². The normalized spacial score (nSPS) is 16.1. The number of nitrogens with one attached hydrogen (secondary N) is 2. The third-order valence-corrected chi connectivity index (χ3v) is 6.47. The minimum atomic E-state index is -0.564. The fourth-order valence-corrected chi connectivity index (χ4v) is 4.49. The van der Waals surface area contributed by atoms with Crippen LogP contribution >= 0.6 is 11.3 Å². The first-order valence-corrected chi connectivity index (χ1v) is 11.9. The first-order valence-electron chi connectivity index (χ1n) is 11.0. The van der Waals surface area contributed by atoms with E-state index in [9.17, 15) is 9.59 Å². The predicted molar refractivity (Wildman–Crippen MR) is 124 cm³/mol. The van der Waals surface area contributed by atoms with Gasteiger partial charge >= 0.3 is 0 Å².